The van der Waals surface area contributed by atoms with Gasteiger partial charge in [-0.1, -0.05) is 126 Å². The minimum atomic E-state index is -0.910. The number of carboxylic acids is 1. The van der Waals surface area contributed by atoms with Crippen molar-refractivity contribution in [3.8, 4) is 0 Å². The molecule has 218 valence electrons. The first kappa shape index (κ1) is 33.4. The largest absolute Gasteiger partial charge is 0.481 e. The number of carboxylic acid groups (broad SMARTS) is 1. The van der Waals surface area contributed by atoms with Gasteiger partial charge in [0.2, 0.25) is 0 Å². The molecule has 0 unspecified atom stereocenters. The van der Waals surface area contributed by atoms with Gasteiger partial charge in [0, 0.05) is 29.9 Å². The second-order valence-electron chi connectivity index (χ2n) is 11.1. The molecule has 0 spiro atoms. The molecule has 0 bridgehead atoms. The maximum absolute atomic E-state index is 13.2. The molecule has 2 rings (SSSR count). The minimum absolute atomic E-state index is 0.110. The molecular weight excluding hydrogens is 529 g/mol. The number of carbonyl (C=O) groups is 2. The summed E-state index contributed by atoms with van der Waals surface area (Å²) < 4.78 is 1.95. The van der Waals surface area contributed by atoms with Crippen LogP contribution in [0, 0.1) is 13.8 Å². The van der Waals surface area contributed by atoms with E-state index in [0.29, 0.717) is 34.3 Å². The third-order valence-corrected chi connectivity index (χ3v) is 8.57. The molecule has 39 heavy (non-hydrogen) atoms. The Morgan fingerprint density at radius 1 is 0.769 bits per heavy atom. The molecular formula is C33H49Cl2NO3. The van der Waals surface area contributed by atoms with Crippen molar-refractivity contribution in [2.45, 2.75) is 136 Å². The Balaban J connectivity index is 1.76. The molecule has 0 fully saturated rings. The van der Waals surface area contributed by atoms with Gasteiger partial charge < -0.3 is 9.67 Å². The summed E-state index contributed by atoms with van der Waals surface area (Å²) >= 11 is 12.3. The fraction of sp³-hybridized carbons (Fsp3) is 0.636. The van der Waals surface area contributed by atoms with Crippen LogP contribution in [0.3, 0.4) is 0 Å². The second kappa shape index (κ2) is 18.5. The Bertz CT molecular complexity index is 1040. The van der Waals surface area contributed by atoms with Crippen LogP contribution in [0.15, 0.2) is 18.2 Å². The van der Waals surface area contributed by atoms with Crippen LogP contribution < -0.4 is 0 Å². The van der Waals surface area contributed by atoms with Gasteiger partial charge in [-0.15, -0.1) is 0 Å². The van der Waals surface area contributed by atoms with E-state index >= 15 is 0 Å². The number of halogens is 2. The third-order valence-electron chi connectivity index (χ3n) is 7.83. The predicted molar refractivity (Wildman–Crippen MR) is 165 cm³/mol. The molecule has 0 atom stereocenters. The zero-order valence-electron chi connectivity index (χ0n) is 24.4. The fourth-order valence-electron chi connectivity index (χ4n) is 5.55. The summed E-state index contributed by atoms with van der Waals surface area (Å²) in [6, 6.07) is 5.41. The first-order valence-corrected chi connectivity index (χ1v) is 15.9. The van der Waals surface area contributed by atoms with Crippen LogP contribution >= 0.6 is 23.2 Å². The zero-order chi connectivity index (χ0) is 28.6. The average Bonchev–Trinajstić information content (AvgIpc) is 3.11. The lowest BCUT2D eigenvalue weighted by Crippen LogP contribution is -2.11. The number of hydrogen-bond acceptors (Lipinski definition) is 2. The zero-order valence-corrected chi connectivity index (χ0v) is 25.9. The van der Waals surface area contributed by atoms with E-state index in [2.05, 4.69) is 6.92 Å². The highest BCUT2D eigenvalue weighted by Crippen LogP contribution is 2.28. The standard InChI is InChI=1S/C33H49Cl2NO3/c1-4-5-6-7-8-9-10-11-12-13-14-15-16-17-18-19-31(37)33-25(2)30(23-32(38)39)36(26(33)3)24-27-20-21-28(34)29(35)22-27/h20-22H,4-19,23-24H2,1-3H3,(H,38,39). The Morgan fingerprint density at radius 2 is 1.28 bits per heavy atom. The van der Waals surface area contributed by atoms with Crippen molar-refractivity contribution in [1.29, 1.82) is 0 Å². The van der Waals surface area contributed by atoms with Gasteiger partial charge in [-0.2, -0.15) is 0 Å². The second-order valence-corrected chi connectivity index (χ2v) is 11.9. The molecule has 6 heteroatoms. The van der Waals surface area contributed by atoms with Gasteiger partial charge in [0.25, 0.3) is 0 Å². The topological polar surface area (TPSA) is 59.3 Å². The van der Waals surface area contributed by atoms with E-state index in [4.69, 9.17) is 23.2 Å². The van der Waals surface area contributed by atoms with Crippen LogP contribution in [-0.4, -0.2) is 21.4 Å². The summed E-state index contributed by atoms with van der Waals surface area (Å²) in [6.07, 6.45) is 19.8. The van der Waals surface area contributed by atoms with Gasteiger partial charge >= 0.3 is 5.97 Å². The first-order valence-electron chi connectivity index (χ1n) is 15.1. The summed E-state index contributed by atoms with van der Waals surface area (Å²) in [6.45, 7) is 6.49. The quantitative estimate of drug-likeness (QED) is 0.118. The number of hydrogen-bond donors (Lipinski definition) is 1. The fourth-order valence-corrected chi connectivity index (χ4v) is 5.87. The van der Waals surface area contributed by atoms with Gasteiger partial charge in [-0.05, 0) is 43.5 Å². The van der Waals surface area contributed by atoms with E-state index in [1.54, 1.807) is 12.1 Å². The monoisotopic (exact) mass is 577 g/mol. The number of unbranched alkanes of at least 4 members (excludes halogenated alkanes) is 14. The van der Waals surface area contributed by atoms with Crippen molar-refractivity contribution in [3.63, 3.8) is 0 Å². The van der Waals surface area contributed by atoms with Crippen LogP contribution in [-0.2, 0) is 17.8 Å². The van der Waals surface area contributed by atoms with E-state index in [9.17, 15) is 14.7 Å². The van der Waals surface area contributed by atoms with Crippen molar-refractivity contribution in [2.75, 3.05) is 0 Å². The normalized spacial score (nSPS) is 11.3. The summed E-state index contributed by atoms with van der Waals surface area (Å²) in [4.78, 5) is 24.8. The summed E-state index contributed by atoms with van der Waals surface area (Å²) in [5, 5.41) is 10.5. The van der Waals surface area contributed by atoms with Gasteiger partial charge in [-0.25, -0.2) is 0 Å². The van der Waals surface area contributed by atoms with Gasteiger partial charge in [0.05, 0.1) is 16.5 Å². The number of ketones is 1. The molecule has 1 aromatic heterocycles. The number of aromatic nitrogens is 1. The number of Topliss-reactive ketones (excluding diaryl/α,β-unsaturated/α-hetero) is 1. The predicted octanol–water partition coefficient (Wildman–Crippen LogP) is 10.5. The third kappa shape index (κ3) is 11.7. The number of aliphatic carboxylic acids is 1. The smallest absolute Gasteiger partial charge is 0.309 e. The van der Waals surface area contributed by atoms with Gasteiger partial charge in [0.15, 0.2) is 5.78 Å². The van der Waals surface area contributed by atoms with Crippen molar-refractivity contribution < 1.29 is 14.7 Å². The maximum Gasteiger partial charge on any atom is 0.309 e. The maximum atomic E-state index is 13.2. The van der Waals surface area contributed by atoms with Gasteiger partial charge in [-0.3, -0.25) is 9.59 Å². The van der Waals surface area contributed by atoms with Crippen LogP contribution in [0.1, 0.15) is 143 Å². The molecule has 1 aromatic carbocycles. The minimum Gasteiger partial charge on any atom is -0.481 e. The molecule has 0 radical (unpaired) electrons. The lowest BCUT2D eigenvalue weighted by Gasteiger charge is -2.12. The molecule has 0 amide bonds. The number of benzene rings is 1. The highest BCUT2D eigenvalue weighted by Gasteiger charge is 2.23. The van der Waals surface area contributed by atoms with Gasteiger partial charge in [0.1, 0.15) is 0 Å². The molecule has 1 heterocycles. The molecule has 4 nitrogen and oxygen atoms in total. The summed E-state index contributed by atoms with van der Waals surface area (Å²) in [5.74, 6) is -0.799. The Labute approximate surface area is 246 Å². The number of carbonyl (C=O) groups excluding carboxylic acids is 1. The van der Waals surface area contributed by atoms with Crippen molar-refractivity contribution in [1.82, 2.24) is 4.57 Å². The van der Waals surface area contributed by atoms with Crippen LogP contribution in [0.5, 0.6) is 0 Å². The molecule has 0 aliphatic carbocycles. The summed E-state index contributed by atoms with van der Waals surface area (Å²) in [5.41, 5.74) is 3.86. The molecule has 0 saturated carbocycles. The Morgan fingerprint density at radius 3 is 1.77 bits per heavy atom. The number of nitrogens with zero attached hydrogens (tertiary/aromatic N) is 1. The van der Waals surface area contributed by atoms with E-state index in [1.807, 2.05) is 24.5 Å². The molecule has 0 aliphatic rings. The van der Waals surface area contributed by atoms with Crippen LogP contribution in [0.25, 0.3) is 0 Å². The van der Waals surface area contributed by atoms with E-state index < -0.39 is 5.97 Å². The lowest BCUT2D eigenvalue weighted by atomic mass is 9.99. The van der Waals surface area contributed by atoms with Crippen molar-refractivity contribution in [3.05, 3.63) is 56.3 Å². The highest BCUT2D eigenvalue weighted by molar-refractivity contribution is 6.42. The molecule has 1 N–H and O–H groups in total. The van der Waals surface area contributed by atoms with Crippen molar-refractivity contribution >= 4 is 35.0 Å². The first-order chi connectivity index (χ1) is 18.8. The Hall–Kier alpha value is -1.78. The number of rotatable bonds is 21. The SMILES string of the molecule is CCCCCCCCCCCCCCCCCC(=O)c1c(C)c(CC(=O)O)n(Cc2ccc(Cl)c(Cl)c2)c1C. The van der Waals surface area contributed by atoms with E-state index in [-0.39, 0.29) is 12.2 Å². The van der Waals surface area contributed by atoms with Crippen LogP contribution in [0.4, 0.5) is 0 Å². The lowest BCUT2D eigenvalue weighted by molar-refractivity contribution is -0.136. The Kier molecular flexibility index (Phi) is 15.9. The molecule has 0 saturated heterocycles. The summed E-state index contributed by atoms with van der Waals surface area (Å²) in [7, 11) is 0. The van der Waals surface area contributed by atoms with Crippen LogP contribution in [0.2, 0.25) is 10.0 Å². The highest BCUT2D eigenvalue weighted by atomic mass is 35.5. The van der Waals surface area contributed by atoms with E-state index in [1.165, 1.54) is 83.5 Å². The molecule has 0 aliphatic heterocycles. The average molecular weight is 579 g/mol. The van der Waals surface area contributed by atoms with E-state index in [0.717, 1.165) is 29.7 Å². The van der Waals surface area contributed by atoms with Crippen molar-refractivity contribution in [2.24, 2.45) is 0 Å². The molecule has 2 aromatic rings.